The molecule has 0 atom stereocenters. The quantitative estimate of drug-likeness (QED) is 0.868. The van der Waals surface area contributed by atoms with E-state index < -0.39 is 0 Å². The minimum Gasteiger partial charge on any atom is -0.327 e. The Bertz CT molecular complexity index is 414. The van der Waals surface area contributed by atoms with Crippen molar-refractivity contribution < 1.29 is 9.69 Å². The van der Waals surface area contributed by atoms with Gasteiger partial charge in [-0.3, -0.25) is 4.79 Å². The number of carbonyl (C=O) groups excluding carboxylic acids is 1. The average molecular weight is 298 g/mol. The molecule has 1 aliphatic rings. The molecule has 0 aromatic heterocycles. The molecule has 1 aliphatic heterocycles. The Kier molecular flexibility index (Phi) is 4.18. The fourth-order valence-corrected chi connectivity index (χ4v) is 2.53. The number of quaternary nitrogens is 1. The Hall–Kier alpha value is -0.870. The van der Waals surface area contributed by atoms with Gasteiger partial charge in [-0.1, -0.05) is 22.0 Å². The first kappa shape index (κ1) is 12.6. The maximum absolute atomic E-state index is 11.8. The van der Waals surface area contributed by atoms with Crippen LogP contribution < -0.4 is 10.2 Å². The molecule has 1 saturated heterocycles. The summed E-state index contributed by atoms with van der Waals surface area (Å²) in [4.78, 5) is 13.2. The minimum absolute atomic E-state index is 0.109. The van der Waals surface area contributed by atoms with E-state index in [2.05, 4.69) is 21.2 Å². The minimum atomic E-state index is 0.109. The van der Waals surface area contributed by atoms with Crippen molar-refractivity contribution in [3.8, 4) is 0 Å². The molecular formula is C13H18BrN2O+. The molecule has 3 nitrogen and oxygen atoms in total. The summed E-state index contributed by atoms with van der Waals surface area (Å²) in [6.45, 7) is 4.88. The van der Waals surface area contributed by atoms with Crippen molar-refractivity contribution >= 4 is 27.5 Å². The van der Waals surface area contributed by atoms with Gasteiger partial charge in [-0.15, -0.1) is 0 Å². The van der Waals surface area contributed by atoms with Crippen LogP contribution in [0.4, 0.5) is 5.69 Å². The number of amides is 1. The van der Waals surface area contributed by atoms with Gasteiger partial charge in [0.15, 0.2) is 6.54 Å². The fraction of sp³-hybridized carbons (Fsp3) is 0.462. The van der Waals surface area contributed by atoms with E-state index in [-0.39, 0.29) is 5.91 Å². The maximum atomic E-state index is 11.8. The number of hydrogen-bond donors (Lipinski definition) is 2. The van der Waals surface area contributed by atoms with Gasteiger partial charge in [-0.25, -0.2) is 0 Å². The zero-order valence-electron chi connectivity index (χ0n) is 10.1. The molecule has 0 unspecified atom stereocenters. The normalized spacial score (nSPS) is 16.1. The van der Waals surface area contributed by atoms with E-state index in [1.807, 2.05) is 25.1 Å². The van der Waals surface area contributed by atoms with Crippen molar-refractivity contribution in [1.82, 2.24) is 0 Å². The summed E-state index contributed by atoms with van der Waals surface area (Å²) in [5.41, 5.74) is 2.04. The topological polar surface area (TPSA) is 33.5 Å². The van der Waals surface area contributed by atoms with Crippen molar-refractivity contribution in [2.75, 3.05) is 25.0 Å². The lowest BCUT2D eigenvalue weighted by atomic mass is 10.2. The van der Waals surface area contributed by atoms with E-state index in [0.29, 0.717) is 6.54 Å². The zero-order chi connectivity index (χ0) is 12.3. The third-order valence-electron chi connectivity index (χ3n) is 3.18. The van der Waals surface area contributed by atoms with Gasteiger partial charge in [0, 0.05) is 23.0 Å². The van der Waals surface area contributed by atoms with Crippen LogP contribution in [-0.2, 0) is 4.79 Å². The van der Waals surface area contributed by atoms with Crippen LogP contribution in [0.5, 0.6) is 0 Å². The number of anilines is 1. The first-order chi connectivity index (χ1) is 8.15. The van der Waals surface area contributed by atoms with Gasteiger partial charge in [0.25, 0.3) is 5.91 Å². The lowest BCUT2D eigenvalue weighted by molar-refractivity contribution is -0.878. The molecule has 0 spiro atoms. The number of halogens is 1. The Balaban J connectivity index is 1.90. The number of aryl methyl sites for hydroxylation is 1. The molecule has 2 rings (SSSR count). The van der Waals surface area contributed by atoms with Gasteiger partial charge in [0.2, 0.25) is 0 Å². The summed E-state index contributed by atoms with van der Waals surface area (Å²) in [6.07, 6.45) is 2.50. The molecule has 0 bridgehead atoms. The highest BCUT2D eigenvalue weighted by atomic mass is 79.9. The van der Waals surface area contributed by atoms with Crippen LogP contribution in [0.15, 0.2) is 22.7 Å². The molecule has 1 aromatic carbocycles. The van der Waals surface area contributed by atoms with Gasteiger partial charge < -0.3 is 10.2 Å². The highest BCUT2D eigenvalue weighted by molar-refractivity contribution is 9.10. The summed E-state index contributed by atoms with van der Waals surface area (Å²) >= 11 is 3.47. The van der Waals surface area contributed by atoms with Gasteiger partial charge in [0.1, 0.15) is 0 Å². The SMILES string of the molecule is Cc1ccc(NC(=O)C[NH+]2CCCC2)cc1Br. The number of nitrogens with one attached hydrogen (secondary N) is 2. The molecule has 0 aliphatic carbocycles. The second-order valence-electron chi connectivity index (χ2n) is 4.65. The van der Waals surface area contributed by atoms with Crippen LogP contribution in [0, 0.1) is 6.92 Å². The first-order valence-electron chi connectivity index (χ1n) is 6.05. The van der Waals surface area contributed by atoms with Crippen LogP contribution in [-0.4, -0.2) is 25.5 Å². The van der Waals surface area contributed by atoms with Gasteiger partial charge in [0.05, 0.1) is 13.1 Å². The molecular weight excluding hydrogens is 280 g/mol. The molecule has 0 saturated carbocycles. The first-order valence-corrected chi connectivity index (χ1v) is 6.84. The van der Waals surface area contributed by atoms with E-state index >= 15 is 0 Å². The van der Waals surface area contributed by atoms with Crippen LogP contribution in [0.2, 0.25) is 0 Å². The van der Waals surface area contributed by atoms with Crippen molar-refractivity contribution in [3.63, 3.8) is 0 Å². The largest absolute Gasteiger partial charge is 0.327 e. The van der Waals surface area contributed by atoms with Gasteiger partial charge in [-0.2, -0.15) is 0 Å². The number of likely N-dealkylation sites (tertiary alicyclic amines) is 1. The van der Waals surface area contributed by atoms with Gasteiger partial charge >= 0.3 is 0 Å². The summed E-state index contributed by atoms with van der Waals surface area (Å²) in [5, 5.41) is 2.95. The molecule has 17 heavy (non-hydrogen) atoms. The molecule has 4 heteroatoms. The zero-order valence-corrected chi connectivity index (χ0v) is 11.6. The number of benzene rings is 1. The highest BCUT2D eigenvalue weighted by Gasteiger charge is 2.18. The molecule has 92 valence electrons. The van der Waals surface area contributed by atoms with E-state index in [0.717, 1.165) is 23.2 Å². The van der Waals surface area contributed by atoms with E-state index in [9.17, 15) is 4.79 Å². The lowest BCUT2D eigenvalue weighted by Crippen LogP contribution is -3.11. The Morgan fingerprint density at radius 2 is 2.12 bits per heavy atom. The van der Waals surface area contributed by atoms with Crippen LogP contribution in [0.3, 0.4) is 0 Å². The van der Waals surface area contributed by atoms with E-state index in [4.69, 9.17) is 0 Å². The number of rotatable bonds is 3. The Morgan fingerprint density at radius 3 is 2.76 bits per heavy atom. The lowest BCUT2D eigenvalue weighted by Gasteiger charge is -2.12. The highest BCUT2D eigenvalue weighted by Crippen LogP contribution is 2.20. The predicted octanol–water partition coefficient (Wildman–Crippen LogP) is 1.37. The van der Waals surface area contributed by atoms with Crippen molar-refractivity contribution in [1.29, 1.82) is 0 Å². The van der Waals surface area contributed by atoms with Gasteiger partial charge in [-0.05, 0) is 24.6 Å². The second-order valence-corrected chi connectivity index (χ2v) is 5.50. The second kappa shape index (κ2) is 5.65. The Morgan fingerprint density at radius 1 is 1.41 bits per heavy atom. The Labute approximate surface area is 110 Å². The maximum Gasteiger partial charge on any atom is 0.279 e. The van der Waals surface area contributed by atoms with Crippen LogP contribution in [0.1, 0.15) is 18.4 Å². The van der Waals surface area contributed by atoms with E-state index in [1.54, 1.807) is 0 Å². The summed E-state index contributed by atoms with van der Waals surface area (Å²) in [5.74, 6) is 0.109. The smallest absolute Gasteiger partial charge is 0.279 e. The molecule has 2 N–H and O–H groups in total. The number of hydrogen-bond acceptors (Lipinski definition) is 1. The third-order valence-corrected chi connectivity index (χ3v) is 4.03. The van der Waals surface area contributed by atoms with E-state index in [1.165, 1.54) is 23.3 Å². The van der Waals surface area contributed by atoms with Crippen molar-refractivity contribution in [2.45, 2.75) is 19.8 Å². The predicted molar refractivity (Wildman–Crippen MR) is 72.3 cm³/mol. The molecule has 1 fully saturated rings. The fourth-order valence-electron chi connectivity index (χ4n) is 2.15. The summed E-state index contributed by atoms with van der Waals surface area (Å²) in [7, 11) is 0. The molecule has 0 radical (unpaired) electrons. The van der Waals surface area contributed by atoms with Crippen LogP contribution >= 0.6 is 15.9 Å². The average Bonchev–Trinajstić information content (AvgIpc) is 2.76. The number of carbonyl (C=O) groups is 1. The monoisotopic (exact) mass is 297 g/mol. The molecule has 1 amide bonds. The summed E-state index contributed by atoms with van der Waals surface area (Å²) < 4.78 is 1.03. The third kappa shape index (κ3) is 3.54. The molecule has 1 heterocycles. The molecule has 1 aromatic rings. The van der Waals surface area contributed by atoms with Crippen molar-refractivity contribution in [3.05, 3.63) is 28.2 Å². The standard InChI is InChI=1S/C13H17BrN2O/c1-10-4-5-11(8-12(10)14)15-13(17)9-16-6-2-3-7-16/h4-5,8H,2-3,6-7,9H2,1H3,(H,15,17)/p+1. The van der Waals surface area contributed by atoms with Crippen molar-refractivity contribution in [2.24, 2.45) is 0 Å². The van der Waals surface area contributed by atoms with Crippen LogP contribution in [0.25, 0.3) is 0 Å². The summed E-state index contributed by atoms with van der Waals surface area (Å²) in [6, 6.07) is 5.90.